The van der Waals surface area contributed by atoms with Crippen LogP contribution in [0, 0.1) is 0 Å². The molecule has 2 aromatic rings. The maximum atomic E-state index is 6.32. The molecule has 0 bridgehead atoms. The molecule has 3 nitrogen and oxygen atoms in total. The third-order valence-corrected chi connectivity index (χ3v) is 28.2. The molecule has 0 unspecified atom stereocenters. The number of halogens is 1. The predicted molar refractivity (Wildman–Crippen MR) is 127 cm³/mol. The molecule has 0 aliphatic rings. The van der Waals surface area contributed by atoms with Crippen molar-refractivity contribution in [2.45, 2.75) is 76.2 Å². The van der Waals surface area contributed by atoms with Crippen molar-refractivity contribution in [3.8, 4) is 0 Å². The molecule has 1 heterocycles. The maximum Gasteiger partial charge on any atom is 0.0824 e. The van der Waals surface area contributed by atoms with Crippen LogP contribution in [-0.4, -0.2) is 39.2 Å². The smallest absolute Gasteiger partial charge is 0.0824 e. The molecule has 0 radical (unpaired) electrons. The van der Waals surface area contributed by atoms with Crippen LogP contribution in [0.2, 0.25) is 68.2 Å². The molecule has 0 spiro atoms. The maximum absolute atomic E-state index is 6.32. The number of benzene rings is 1. The summed E-state index contributed by atoms with van der Waals surface area (Å²) in [6, 6.07) is 7.97. The molecule has 7 heteroatoms. The van der Waals surface area contributed by atoms with Crippen LogP contribution in [0.5, 0.6) is 0 Å². The Hall–Kier alpha value is -0.699. The molecular weight excluding hydrogens is 402 g/mol. The van der Waals surface area contributed by atoms with Crippen LogP contribution >= 0.6 is 11.6 Å². The first-order valence-electron chi connectivity index (χ1n) is 9.81. The van der Waals surface area contributed by atoms with E-state index in [1.165, 1.54) is 0 Å². The number of hydrogen-bond donors (Lipinski definition) is 0. The predicted octanol–water partition coefficient (Wildman–Crippen LogP) is 6.36. The number of rotatable bonds is 7. The SMILES string of the molecule is C[Si](C)(C)C(Cc1cn(Cc2ccccc2Cl)nn1)([Si](C)(C)C)[Si](C)(C)C. The van der Waals surface area contributed by atoms with Gasteiger partial charge in [-0.1, -0.05) is 93.9 Å². The quantitative estimate of drug-likeness (QED) is 0.472. The highest BCUT2D eigenvalue weighted by Crippen LogP contribution is 2.55. The fraction of sp³-hybridized carbons (Fsp3) is 0.600. The lowest BCUT2D eigenvalue weighted by Gasteiger charge is -2.59. The molecule has 0 saturated heterocycles. The van der Waals surface area contributed by atoms with Gasteiger partial charge in [0, 0.05) is 35.4 Å². The average Bonchev–Trinajstić information content (AvgIpc) is 2.90. The lowest BCUT2D eigenvalue weighted by Crippen LogP contribution is -2.66. The van der Waals surface area contributed by atoms with E-state index >= 15 is 0 Å². The van der Waals surface area contributed by atoms with Gasteiger partial charge < -0.3 is 0 Å². The Kier molecular flexibility index (Phi) is 6.37. The molecule has 0 amide bonds. The van der Waals surface area contributed by atoms with Crippen molar-refractivity contribution in [3.05, 3.63) is 46.7 Å². The minimum atomic E-state index is -1.44. The summed E-state index contributed by atoms with van der Waals surface area (Å²) in [7, 11) is -4.32. The van der Waals surface area contributed by atoms with Crippen LogP contribution < -0.4 is 0 Å². The molecule has 0 atom stereocenters. The fourth-order valence-corrected chi connectivity index (χ4v) is 35.1. The van der Waals surface area contributed by atoms with Gasteiger partial charge in [-0.3, -0.25) is 0 Å². The minimum Gasteiger partial charge on any atom is -0.248 e. The molecule has 150 valence electrons. The van der Waals surface area contributed by atoms with Gasteiger partial charge in [0.05, 0.1) is 12.2 Å². The Morgan fingerprint density at radius 2 is 1.41 bits per heavy atom. The summed E-state index contributed by atoms with van der Waals surface area (Å²) in [5.41, 5.74) is 2.23. The normalized spacial score (nSPS) is 13.9. The second-order valence-corrected chi connectivity index (χ2v) is 28.8. The van der Waals surface area contributed by atoms with Crippen LogP contribution in [0.25, 0.3) is 0 Å². The first kappa shape index (κ1) is 22.6. The Balaban J connectivity index is 2.40. The molecule has 0 saturated carbocycles. The molecule has 0 aliphatic heterocycles. The third-order valence-electron chi connectivity index (χ3n) is 6.16. The molecule has 0 fully saturated rings. The molecule has 0 N–H and O–H groups in total. The van der Waals surface area contributed by atoms with Gasteiger partial charge in [-0.25, -0.2) is 4.68 Å². The lowest BCUT2D eigenvalue weighted by atomic mass is 10.2. The van der Waals surface area contributed by atoms with E-state index in [0.717, 1.165) is 22.7 Å². The summed E-state index contributed by atoms with van der Waals surface area (Å²) in [5, 5.41) is 9.83. The highest BCUT2D eigenvalue weighted by molar-refractivity contribution is 7.15. The first-order chi connectivity index (χ1) is 12.2. The van der Waals surface area contributed by atoms with Crippen molar-refractivity contribution in [2.24, 2.45) is 0 Å². The highest BCUT2D eigenvalue weighted by atomic mass is 35.5. The zero-order valence-electron chi connectivity index (χ0n) is 18.5. The van der Waals surface area contributed by atoms with E-state index in [9.17, 15) is 0 Å². The Labute approximate surface area is 173 Å². The molecule has 27 heavy (non-hydrogen) atoms. The molecule has 2 rings (SSSR count). The van der Waals surface area contributed by atoms with Crippen LogP contribution in [-0.2, 0) is 13.0 Å². The molecular formula is C20H36ClN3Si3. The van der Waals surface area contributed by atoms with E-state index in [2.05, 4.69) is 81.5 Å². The van der Waals surface area contributed by atoms with Gasteiger partial charge in [-0.15, -0.1) is 5.10 Å². The van der Waals surface area contributed by atoms with Gasteiger partial charge in [0.25, 0.3) is 0 Å². The van der Waals surface area contributed by atoms with E-state index in [4.69, 9.17) is 11.6 Å². The Morgan fingerprint density at radius 1 is 0.889 bits per heavy atom. The van der Waals surface area contributed by atoms with E-state index in [1.807, 2.05) is 22.9 Å². The summed E-state index contributed by atoms with van der Waals surface area (Å²) in [4.78, 5) is 0. The summed E-state index contributed by atoms with van der Waals surface area (Å²) >= 11 is 6.32. The number of hydrogen-bond acceptors (Lipinski definition) is 2. The van der Waals surface area contributed by atoms with Crippen molar-refractivity contribution in [3.63, 3.8) is 0 Å². The summed E-state index contributed by atoms with van der Waals surface area (Å²) in [5.74, 6) is 0. The standard InChI is InChI=1S/C20H36ClN3Si3/c1-25(2,3)20(26(4,5)6,27(7,8)9)14-18-16-24(23-22-18)15-17-12-10-11-13-19(17)21/h10-13,16H,14-15H2,1-9H3. The van der Waals surface area contributed by atoms with Crippen LogP contribution in [0.1, 0.15) is 11.3 Å². The Bertz CT molecular complexity index is 747. The summed E-state index contributed by atoms with van der Waals surface area (Å²) in [6.45, 7) is 23.8. The van der Waals surface area contributed by atoms with Crippen LogP contribution in [0.4, 0.5) is 0 Å². The molecule has 0 aliphatic carbocycles. The molecule has 1 aromatic carbocycles. The van der Waals surface area contributed by atoms with Gasteiger partial charge in [0.2, 0.25) is 0 Å². The van der Waals surface area contributed by atoms with Gasteiger partial charge in [-0.05, 0) is 22.3 Å². The largest absolute Gasteiger partial charge is 0.248 e. The second-order valence-electron chi connectivity index (χ2n) is 10.8. The highest BCUT2D eigenvalue weighted by Gasteiger charge is 2.59. The minimum absolute atomic E-state index is 0.457. The average molecular weight is 438 g/mol. The zero-order valence-corrected chi connectivity index (χ0v) is 22.3. The first-order valence-corrected chi connectivity index (χ1v) is 20.7. The van der Waals surface area contributed by atoms with E-state index < -0.39 is 24.2 Å². The van der Waals surface area contributed by atoms with E-state index in [-0.39, 0.29) is 0 Å². The van der Waals surface area contributed by atoms with Gasteiger partial charge >= 0.3 is 0 Å². The summed E-state index contributed by atoms with van der Waals surface area (Å²) < 4.78 is 2.40. The third kappa shape index (κ3) is 4.49. The van der Waals surface area contributed by atoms with Gasteiger partial charge in [0.15, 0.2) is 0 Å². The van der Waals surface area contributed by atoms with Crippen LogP contribution in [0.15, 0.2) is 30.5 Å². The van der Waals surface area contributed by atoms with Crippen LogP contribution in [0.3, 0.4) is 0 Å². The topological polar surface area (TPSA) is 30.7 Å². The number of aromatic nitrogens is 3. The zero-order chi connectivity index (χ0) is 20.7. The van der Waals surface area contributed by atoms with Gasteiger partial charge in [-0.2, -0.15) is 0 Å². The van der Waals surface area contributed by atoms with Crippen molar-refractivity contribution in [2.75, 3.05) is 0 Å². The van der Waals surface area contributed by atoms with E-state index in [0.29, 0.717) is 10.8 Å². The van der Waals surface area contributed by atoms with Crippen molar-refractivity contribution < 1.29 is 0 Å². The monoisotopic (exact) mass is 437 g/mol. The van der Waals surface area contributed by atoms with Crippen molar-refractivity contribution in [1.29, 1.82) is 0 Å². The van der Waals surface area contributed by atoms with Crippen molar-refractivity contribution in [1.82, 2.24) is 15.0 Å². The van der Waals surface area contributed by atoms with Gasteiger partial charge in [0.1, 0.15) is 0 Å². The molecule has 1 aromatic heterocycles. The van der Waals surface area contributed by atoms with E-state index in [1.54, 1.807) is 0 Å². The van der Waals surface area contributed by atoms with Crippen molar-refractivity contribution >= 4 is 35.8 Å². The Morgan fingerprint density at radius 3 is 1.89 bits per heavy atom. The fourth-order valence-electron chi connectivity index (χ4n) is 5.74. The summed E-state index contributed by atoms with van der Waals surface area (Å²) in [6.07, 6.45) is 3.23. The lowest BCUT2D eigenvalue weighted by molar-refractivity contribution is 0.649. The number of nitrogens with zero attached hydrogens (tertiary/aromatic N) is 3. The second kappa shape index (κ2) is 7.61.